The number of fused-ring (bicyclic) bond motifs is 1. The van der Waals surface area contributed by atoms with Gasteiger partial charge in [0, 0.05) is 35.2 Å². The number of amides is 1. The Labute approximate surface area is 248 Å². The molecule has 0 atom stereocenters. The number of aromatic nitrogens is 1. The monoisotopic (exact) mass is 556 g/mol. The second-order valence-corrected chi connectivity index (χ2v) is 11.9. The summed E-state index contributed by atoms with van der Waals surface area (Å²) in [5.74, 6) is -0.403. The molecule has 0 aliphatic rings. The van der Waals surface area contributed by atoms with E-state index in [1.807, 2.05) is 75.4 Å². The highest BCUT2D eigenvalue weighted by molar-refractivity contribution is 6.32. The van der Waals surface area contributed by atoms with Gasteiger partial charge in [-0.3, -0.25) is 4.79 Å². The van der Waals surface area contributed by atoms with Gasteiger partial charge in [0.2, 0.25) is 0 Å². The molecule has 1 amide bonds. The summed E-state index contributed by atoms with van der Waals surface area (Å²) in [5, 5.41) is 4.13. The molecule has 0 aliphatic carbocycles. The number of ether oxygens (including phenoxy) is 1. The third-order valence-corrected chi connectivity index (χ3v) is 7.63. The molecule has 0 radical (unpaired) electrons. The topological polar surface area (TPSA) is 60.3 Å². The Kier molecular flexibility index (Phi) is 8.08. The third-order valence-electron chi connectivity index (χ3n) is 7.63. The van der Waals surface area contributed by atoms with Crippen LogP contribution >= 0.6 is 0 Å². The molecule has 0 unspecified atom stereocenters. The van der Waals surface area contributed by atoms with Crippen LogP contribution < -0.4 is 10.8 Å². The zero-order valence-electron chi connectivity index (χ0n) is 25.2. The molecule has 5 rings (SSSR count). The predicted octanol–water partition coefficient (Wildman–Crippen LogP) is 6.12. The van der Waals surface area contributed by atoms with E-state index in [1.165, 1.54) is 16.7 Å². The molecule has 0 aliphatic heterocycles. The second kappa shape index (κ2) is 11.7. The minimum Gasteiger partial charge on any atom is -0.456 e. The summed E-state index contributed by atoms with van der Waals surface area (Å²) in [6.45, 7) is 11.0. The summed E-state index contributed by atoms with van der Waals surface area (Å²) in [6, 6.07) is 30.0. The Morgan fingerprint density at radius 2 is 1.52 bits per heavy atom. The Morgan fingerprint density at radius 3 is 2.21 bits per heavy atom. The highest BCUT2D eigenvalue weighted by Gasteiger charge is 2.21. The molecule has 5 aromatic rings. The molecule has 0 bridgehead atoms. The number of nitrogens with zero attached hydrogens (tertiary/aromatic N) is 1. The first kappa shape index (κ1) is 28.9. The van der Waals surface area contributed by atoms with Crippen LogP contribution in [0.5, 0.6) is 0 Å². The lowest BCUT2D eigenvalue weighted by atomic mass is 9.95. The van der Waals surface area contributed by atoms with E-state index >= 15 is 0 Å². The van der Waals surface area contributed by atoms with E-state index < -0.39 is 5.60 Å². The lowest BCUT2D eigenvalue weighted by molar-refractivity contribution is 0.00703. The average molecular weight is 557 g/mol. The van der Waals surface area contributed by atoms with E-state index in [-0.39, 0.29) is 11.9 Å². The van der Waals surface area contributed by atoms with E-state index in [0.717, 1.165) is 33.2 Å². The summed E-state index contributed by atoms with van der Waals surface area (Å²) in [4.78, 5) is 25.8. The maximum Gasteiger partial charge on any atom is 0.339 e. The van der Waals surface area contributed by atoms with Gasteiger partial charge in [0.1, 0.15) is 13.4 Å². The van der Waals surface area contributed by atoms with Gasteiger partial charge in [0.05, 0.1) is 5.56 Å². The minimum absolute atomic E-state index is 0.0791. The molecular weight excluding hydrogens is 519 g/mol. The first-order valence-corrected chi connectivity index (χ1v) is 14.3. The van der Waals surface area contributed by atoms with Crippen molar-refractivity contribution in [2.45, 2.75) is 53.3 Å². The van der Waals surface area contributed by atoms with Gasteiger partial charge in [-0.1, -0.05) is 72.2 Å². The quantitative estimate of drug-likeness (QED) is 0.194. The number of carbonyl (C=O) groups excluding carboxylic acids is 2. The van der Waals surface area contributed by atoms with Gasteiger partial charge in [0.25, 0.3) is 5.91 Å². The SMILES string of the molecule is Bc1ccc(CNC(=O)c2ccc3c(c2)c(C)c(C)n3Cc2ccc(-c3ccccc3C(=O)OC(C)(C)C)cc2)cc1. The highest BCUT2D eigenvalue weighted by Crippen LogP contribution is 2.29. The lowest BCUT2D eigenvalue weighted by Crippen LogP contribution is -2.24. The van der Waals surface area contributed by atoms with Gasteiger partial charge in [-0.2, -0.15) is 0 Å². The first-order chi connectivity index (χ1) is 20.0. The molecule has 0 saturated carbocycles. The molecule has 1 N–H and O–H groups in total. The van der Waals surface area contributed by atoms with Gasteiger partial charge in [-0.05, 0) is 86.7 Å². The van der Waals surface area contributed by atoms with E-state index in [2.05, 4.69) is 68.0 Å². The Balaban J connectivity index is 1.35. The maximum atomic E-state index is 13.0. The predicted molar refractivity (Wildman–Crippen MR) is 173 cm³/mol. The molecule has 4 aromatic carbocycles. The molecule has 1 heterocycles. The number of nitrogens with one attached hydrogen (secondary N) is 1. The Hall–Kier alpha value is -4.58. The number of rotatable bonds is 7. The van der Waals surface area contributed by atoms with Crippen molar-refractivity contribution in [1.82, 2.24) is 9.88 Å². The van der Waals surface area contributed by atoms with E-state index in [4.69, 9.17) is 4.74 Å². The standard InChI is InChI=1S/C36H37BN2O3/c1-23-24(2)39(33-19-16-28(20-32(23)33)34(40)38-21-25-12-17-29(37)18-13-25)22-26-10-14-27(15-11-26)30-8-6-7-9-31(30)35(41)42-36(3,4)5/h6-20H,21-22,37H2,1-5H3,(H,38,40). The fourth-order valence-corrected chi connectivity index (χ4v) is 5.20. The second-order valence-electron chi connectivity index (χ2n) is 11.9. The summed E-state index contributed by atoms with van der Waals surface area (Å²) in [5.41, 5.74) is 9.32. The molecule has 6 heteroatoms. The van der Waals surface area contributed by atoms with Crippen LogP contribution in [-0.2, 0) is 17.8 Å². The molecule has 42 heavy (non-hydrogen) atoms. The fraction of sp³-hybridized carbons (Fsp3) is 0.222. The largest absolute Gasteiger partial charge is 0.456 e. The van der Waals surface area contributed by atoms with E-state index in [0.29, 0.717) is 24.2 Å². The van der Waals surface area contributed by atoms with Crippen LogP contribution in [0.1, 0.15) is 63.9 Å². The number of carbonyl (C=O) groups is 2. The Morgan fingerprint density at radius 1 is 0.857 bits per heavy atom. The molecule has 0 saturated heterocycles. The molecular formula is C36H37BN2O3. The van der Waals surface area contributed by atoms with Gasteiger partial charge in [-0.15, -0.1) is 0 Å². The van der Waals surface area contributed by atoms with Crippen molar-refractivity contribution in [3.63, 3.8) is 0 Å². The minimum atomic E-state index is -0.560. The molecule has 5 nitrogen and oxygen atoms in total. The van der Waals surface area contributed by atoms with Crippen LogP contribution in [0.4, 0.5) is 0 Å². The summed E-state index contributed by atoms with van der Waals surface area (Å²) in [6.07, 6.45) is 0. The first-order valence-electron chi connectivity index (χ1n) is 14.3. The smallest absolute Gasteiger partial charge is 0.339 e. The van der Waals surface area contributed by atoms with Crippen LogP contribution in [0.2, 0.25) is 0 Å². The number of benzene rings is 4. The van der Waals surface area contributed by atoms with Crippen LogP contribution in [-0.4, -0.2) is 29.9 Å². The fourth-order valence-electron chi connectivity index (χ4n) is 5.20. The molecule has 0 fully saturated rings. The Bertz CT molecular complexity index is 1760. The summed E-state index contributed by atoms with van der Waals surface area (Å²) in [7, 11) is 2.05. The lowest BCUT2D eigenvalue weighted by Gasteiger charge is -2.20. The molecule has 212 valence electrons. The van der Waals surface area contributed by atoms with Gasteiger partial charge < -0.3 is 14.6 Å². The number of aryl methyl sites for hydroxylation is 1. The van der Waals surface area contributed by atoms with Gasteiger partial charge >= 0.3 is 5.97 Å². The highest BCUT2D eigenvalue weighted by atomic mass is 16.6. The van der Waals surface area contributed by atoms with Crippen molar-refractivity contribution < 1.29 is 14.3 Å². The molecule has 0 spiro atoms. The van der Waals surface area contributed by atoms with Crippen molar-refractivity contribution in [2.75, 3.05) is 0 Å². The summed E-state index contributed by atoms with van der Waals surface area (Å²) < 4.78 is 7.93. The van der Waals surface area contributed by atoms with Crippen molar-refractivity contribution in [2.24, 2.45) is 0 Å². The number of esters is 1. The van der Waals surface area contributed by atoms with Crippen LogP contribution in [0, 0.1) is 13.8 Å². The van der Waals surface area contributed by atoms with Crippen LogP contribution in [0.3, 0.4) is 0 Å². The van der Waals surface area contributed by atoms with Gasteiger partial charge in [-0.25, -0.2) is 4.79 Å². The normalized spacial score (nSPS) is 11.5. The zero-order chi connectivity index (χ0) is 30.0. The maximum absolute atomic E-state index is 13.0. The van der Waals surface area contributed by atoms with Crippen molar-refractivity contribution in [3.8, 4) is 11.1 Å². The van der Waals surface area contributed by atoms with Crippen LogP contribution in [0.15, 0.2) is 91.0 Å². The third kappa shape index (κ3) is 6.33. The zero-order valence-corrected chi connectivity index (χ0v) is 25.2. The number of hydrogen-bond acceptors (Lipinski definition) is 3. The van der Waals surface area contributed by atoms with Crippen molar-refractivity contribution in [1.29, 1.82) is 0 Å². The van der Waals surface area contributed by atoms with E-state index in [9.17, 15) is 9.59 Å². The summed E-state index contributed by atoms with van der Waals surface area (Å²) >= 11 is 0. The van der Waals surface area contributed by atoms with Gasteiger partial charge in [0.15, 0.2) is 0 Å². The molecule has 1 aromatic heterocycles. The van der Waals surface area contributed by atoms with E-state index in [1.54, 1.807) is 0 Å². The van der Waals surface area contributed by atoms with Crippen molar-refractivity contribution >= 4 is 36.1 Å². The number of hydrogen-bond donors (Lipinski definition) is 1. The van der Waals surface area contributed by atoms with Crippen LogP contribution in [0.25, 0.3) is 22.0 Å². The average Bonchev–Trinajstić information content (AvgIpc) is 3.20. The van der Waals surface area contributed by atoms with Crippen molar-refractivity contribution in [3.05, 3.63) is 125 Å².